The van der Waals surface area contributed by atoms with Crippen LogP contribution in [0.4, 0.5) is 4.79 Å². The van der Waals surface area contributed by atoms with Gasteiger partial charge in [0.25, 0.3) is 0 Å². The lowest BCUT2D eigenvalue weighted by molar-refractivity contribution is 0.142. The van der Waals surface area contributed by atoms with Gasteiger partial charge in [-0.25, -0.2) is 4.79 Å². The number of urea groups is 1. The normalized spacial score (nSPS) is 18.9. The van der Waals surface area contributed by atoms with Gasteiger partial charge in [0, 0.05) is 19.5 Å². The summed E-state index contributed by atoms with van der Waals surface area (Å²) in [4.78, 5) is 14.4. The number of hydrogen-bond donors (Lipinski definition) is 3. The molecule has 132 valence electrons. The van der Waals surface area contributed by atoms with Gasteiger partial charge in [-0.3, -0.25) is 0 Å². The first kappa shape index (κ1) is 17.5. The molecule has 2 unspecified atom stereocenters. The van der Waals surface area contributed by atoms with E-state index in [1.54, 1.807) is 0 Å². The van der Waals surface area contributed by atoms with Crippen molar-refractivity contribution in [3.63, 3.8) is 0 Å². The highest BCUT2D eigenvalue weighted by Gasteiger charge is 2.31. The Morgan fingerprint density at radius 2 is 1.80 bits per heavy atom. The number of benzene rings is 2. The van der Waals surface area contributed by atoms with Gasteiger partial charge in [-0.05, 0) is 36.3 Å². The molecular formula is C20H25N3O2. The smallest absolute Gasteiger partial charge is 0.315 e. The Labute approximate surface area is 148 Å². The molecule has 0 bridgehead atoms. The van der Waals surface area contributed by atoms with E-state index < -0.39 is 6.10 Å². The third-order valence-corrected chi connectivity index (χ3v) is 4.53. The van der Waals surface area contributed by atoms with Crippen molar-refractivity contribution < 1.29 is 9.90 Å². The number of rotatable bonds is 5. The molecule has 0 radical (unpaired) electrons. The quantitative estimate of drug-likeness (QED) is 0.782. The van der Waals surface area contributed by atoms with E-state index in [2.05, 4.69) is 21.6 Å². The van der Waals surface area contributed by atoms with Crippen molar-refractivity contribution >= 4 is 6.03 Å². The Hall–Kier alpha value is -2.37. The summed E-state index contributed by atoms with van der Waals surface area (Å²) in [6.45, 7) is 1.29. The molecule has 25 heavy (non-hydrogen) atoms. The summed E-state index contributed by atoms with van der Waals surface area (Å²) in [6, 6.07) is 15.3. The molecule has 0 fully saturated rings. The summed E-state index contributed by atoms with van der Waals surface area (Å²) in [5, 5.41) is 16.1. The van der Waals surface area contributed by atoms with Crippen molar-refractivity contribution in [1.82, 2.24) is 15.5 Å². The highest BCUT2D eigenvalue weighted by Crippen LogP contribution is 2.31. The minimum atomic E-state index is -0.579. The van der Waals surface area contributed by atoms with E-state index in [1.165, 1.54) is 5.56 Å². The fraction of sp³-hybridized carbons (Fsp3) is 0.350. The maximum atomic E-state index is 12.3. The van der Waals surface area contributed by atoms with Crippen LogP contribution < -0.4 is 10.6 Å². The largest absolute Gasteiger partial charge is 0.390 e. The van der Waals surface area contributed by atoms with E-state index in [1.807, 2.05) is 56.6 Å². The van der Waals surface area contributed by atoms with E-state index in [9.17, 15) is 9.90 Å². The van der Waals surface area contributed by atoms with Crippen LogP contribution in [-0.4, -0.2) is 36.2 Å². The SMILES string of the molecule is CN(C)Cc1ccccc1CNC(=O)NC1c2ccccc2CC1O. The molecule has 2 aromatic carbocycles. The molecule has 0 spiro atoms. The van der Waals surface area contributed by atoms with Crippen LogP contribution in [-0.2, 0) is 19.5 Å². The predicted molar refractivity (Wildman–Crippen MR) is 98.1 cm³/mol. The van der Waals surface area contributed by atoms with E-state index >= 15 is 0 Å². The van der Waals surface area contributed by atoms with Gasteiger partial charge in [0.15, 0.2) is 0 Å². The highest BCUT2D eigenvalue weighted by atomic mass is 16.3. The zero-order chi connectivity index (χ0) is 17.8. The molecule has 1 aliphatic carbocycles. The Kier molecular flexibility index (Phi) is 5.36. The molecule has 0 saturated carbocycles. The third-order valence-electron chi connectivity index (χ3n) is 4.53. The van der Waals surface area contributed by atoms with Gasteiger partial charge in [-0.15, -0.1) is 0 Å². The van der Waals surface area contributed by atoms with Crippen molar-refractivity contribution in [2.24, 2.45) is 0 Å². The summed E-state index contributed by atoms with van der Waals surface area (Å²) >= 11 is 0. The molecule has 2 amide bonds. The lowest BCUT2D eigenvalue weighted by atomic mass is 10.1. The zero-order valence-corrected chi connectivity index (χ0v) is 14.7. The number of aliphatic hydroxyl groups is 1. The van der Waals surface area contributed by atoms with E-state index in [4.69, 9.17) is 0 Å². The summed E-state index contributed by atoms with van der Waals surface area (Å²) < 4.78 is 0. The van der Waals surface area contributed by atoms with E-state index in [0.717, 1.165) is 23.2 Å². The third kappa shape index (κ3) is 4.18. The van der Waals surface area contributed by atoms with Crippen LogP contribution in [0.25, 0.3) is 0 Å². The fourth-order valence-corrected chi connectivity index (χ4v) is 3.34. The lowest BCUT2D eigenvalue weighted by Crippen LogP contribution is -2.40. The summed E-state index contributed by atoms with van der Waals surface area (Å²) in [7, 11) is 4.05. The Balaban J connectivity index is 1.61. The van der Waals surface area contributed by atoms with Gasteiger partial charge in [0.05, 0.1) is 12.1 Å². The first-order chi connectivity index (χ1) is 12.0. The molecular weight excluding hydrogens is 314 g/mol. The van der Waals surface area contributed by atoms with Crippen molar-refractivity contribution in [3.8, 4) is 0 Å². The second-order valence-electron chi connectivity index (χ2n) is 6.78. The molecule has 0 saturated heterocycles. The van der Waals surface area contributed by atoms with Crippen molar-refractivity contribution in [1.29, 1.82) is 0 Å². The molecule has 0 heterocycles. The number of carbonyl (C=O) groups is 1. The fourth-order valence-electron chi connectivity index (χ4n) is 3.34. The highest BCUT2D eigenvalue weighted by molar-refractivity contribution is 5.74. The number of nitrogens with one attached hydrogen (secondary N) is 2. The second kappa shape index (κ2) is 7.68. The zero-order valence-electron chi connectivity index (χ0n) is 14.7. The summed E-state index contributed by atoms with van der Waals surface area (Å²) in [5.41, 5.74) is 4.38. The average Bonchev–Trinajstić information content (AvgIpc) is 2.89. The molecule has 2 atom stereocenters. The van der Waals surface area contributed by atoms with Crippen LogP contribution in [0, 0.1) is 0 Å². The first-order valence-electron chi connectivity index (χ1n) is 8.56. The van der Waals surface area contributed by atoms with E-state index in [-0.39, 0.29) is 12.1 Å². The molecule has 5 nitrogen and oxygen atoms in total. The molecule has 2 aromatic rings. The summed E-state index contributed by atoms with van der Waals surface area (Å²) in [6.07, 6.45) is -0.00329. The van der Waals surface area contributed by atoms with E-state index in [0.29, 0.717) is 13.0 Å². The number of carbonyl (C=O) groups excluding carboxylic acids is 1. The van der Waals surface area contributed by atoms with Gasteiger partial charge in [-0.1, -0.05) is 48.5 Å². The molecule has 5 heteroatoms. The van der Waals surface area contributed by atoms with Crippen LogP contribution in [0.1, 0.15) is 28.3 Å². The Morgan fingerprint density at radius 1 is 1.12 bits per heavy atom. The van der Waals surface area contributed by atoms with Crippen LogP contribution >= 0.6 is 0 Å². The molecule has 1 aliphatic rings. The summed E-state index contributed by atoms with van der Waals surface area (Å²) in [5.74, 6) is 0. The number of amides is 2. The Bertz CT molecular complexity index is 745. The lowest BCUT2D eigenvalue weighted by Gasteiger charge is -2.19. The van der Waals surface area contributed by atoms with Crippen molar-refractivity contribution in [2.45, 2.75) is 31.7 Å². The maximum Gasteiger partial charge on any atom is 0.315 e. The van der Waals surface area contributed by atoms with Gasteiger partial charge in [-0.2, -0.15) is 0 Å². The standard InChI is InChI=1S/C20H25N3O2/c1-23(2)13-16-9-4-3-8-15(16)12-21-20(25)22-19-17-10-6-5-7-14(17)11-18(19)24/h3-10,18-19,24H,11-13H2,1-2H3,(H2,21,22,25). The number of nitrogens with zero attached hydrogens (tertiary/aromatic N) is 1. The van der Waals surface area contributed by atoms with Crippen LogP contribution in [0.15, 0.2) is 48.5 Å². The molecule has 0 aliphatic heterocycles. The first-order valence-corrected chi connectivity index (χ1v) is 8.56. The maximum absolute atomic E-state index is 12.3. The van der Waals surface area contributed by atoms with Crippen LogP contribution in [0.5, 0.6) is 0 Å². The predicted octanol–water partition coefficient (Wildman–Crippen LogP) is 2.21. The van der Waals surface area contributed by atoms with Crippen molar-refractivity contribution in [2.75, 3.05) is 14.1 Å². The number of hydrogen-bond acceptors (Lipinski definition) is 3. The van der Waals surface area contributed by atoms with Crippen LogP contribution in [0.3, 0.4) is 0 Å². The monoisotopic (exact) mass is 339 g/mol. The minimum Gasteiger partial charge on any atom is -0.390 e. The number of fused-ring (bicyclic) bond motifs is 1. The van der Waals surface area contributed by atoms with Crippen LogP contribution in [0.2, 0.25) is 0 Å². The molecule has 3 rings (SSSR count). The van der Waals surface area contributed by atoms with Gasteiger partial charge >= 0.3 is 6.03 Å². The molecule has 3 N–H and O–H groups in total. The topological polar surface area (TPSA) is 64.6 Å². The van der Waals surface area contributed by atoms with Gasteiger partial charge in [0.1, 0.15) is 0 Å². The van der Waals surface area contributed by atoms with Gasteiger partial charge < -0.3 is 20.6 Å². The second-order valence-corrected chi connectivity index (χ2v) is 6.78. The number of aliphatic hydroxyl groups excluding tert-OH is 1. The van der Waals surface area contributed by atoms with Crippen molar-refractivity contribution in [3.05, 3.63) is 70.8 Å². The Morgan fingerprint density at radius 3 is 2.56 bits per heavy atom. The minimum absolute atomic E-state index is 0.264. The van der Waals surface area contributed by atoms with Gasteiger partial charge in [0.2, 0.25) is 0 Å². The molecule has 0 aromatic heterocycles. The average molecular weight is 339 g/mol.